The van der Waals surface area contributed by atoms with Crippen molar-refractivity contribution in [3.05, 3.63) is 57.5 Å². The number of amides is 1. The lowest BCUT2D eigenvalue weighted by molar-refractivity contribution is -0.121. The predicted octanol–water partition coefficient (Wildman–Crippen LogP) is 4.52. The summed E-state index contributed by atoms with van der Waals surface area (Å²) < 4.78 is 7.61. The van der Waals surface area contributed by atoms with Crippen molar-refractivity contribution in [2.75, 3.05) is 11.9 Å². The number of thiazole rings is 1. The van der Waals surface area contributed by atoms with Crippen molar-refractivity contribution in [3.8, 4) is 0 Å². The highest BCUT2D eigenvalue weighted by molar-refractivity contribution is 9.10. The summed E-state index contributed by atoms with van der Waals surface area (Å²) >= 11 is 5.02. The molecule has 0 unspecified atom stereocenters. The minimum atomic E-state index is -0.173. The van der Waals surface area contributed by atoms with Gasteiger partial charge in [-0.25, -0.2) is 4.98 Å². The van der Waals surface area contributed by atoms with Crippen LogP contribution in [0.2, 0.25) is 0 Å². The van der Waals surface area contributed by atoms with Crippen molar-refractivity contribution in [2.24, 2.45) is 0 Å². The van der Waals surface area contributed by atoms with Crippen molar-refractivity contribution >= 4 is 49.1 Å². The third kappa shape index (κ3) is 4.16. The van der Waals surface area contributed by atoms with Gasteiger partial charge < -0.3 is 10.1 Å². The van der Waals surface area contributed by atoms with E-state index >= 15 is 0 Å². The van der Waals surface area contributed by atoms with Crippen LogP contribution in [0.3, 0.4) is 0 Å². The van der Waals surface area contributed by atoms with Gasteiger partial charge in [0.2, 0.25) is 5.91 Å². The number of para-hydroxylation sites is 1. The first kappa shape index (κ1) is 16.1. The van der Waals surface area contributed by atoms with E-state index in [-0.39, 0.29) is 12.5 Å². The van der Waals surface area contributed by atoms with Gasteiger partial charge in [0.1, 0.15) is 11.6 Å². The molecule has 1 aromatic heterocycles. The molecular formula is C17H15BrN2O2S. The molecule has 3 rings (SSSR count). The first-order chi connectivity index (χ1) is 11.1. The molecule has 0 spiro atoms. The van der Waals surface area contributed by atoms with Crippen molar-refractivity contribution in [1.82, 2.24) is 4.98 Å². The van der Waals surface area contributed by atoms with Gasteiger partial charge in [-0.2, -0.15) is 0 Å². The summed E-state index contributed by atoms with van der Waals surface area (Å²) in [4.78, 5) is 16.4. The second-order valence-corrected chi connectivity index (χ2v) is 7.05. The van der Waals surface area contributed by atoms with E-state index in [0.717, 1.165) is 30.9 Å². The predicted molar refractivity (Wildman–Crippen MR) is 96.8 cm³/mol. The lowest BCUT2D eigenvalue weighted by Gasteiger charge is -2.07. The maximum atomic E-state index is 11.9. The molecule has 1 N–H and O–H groups in total. The number of hydrogen-bond donors (Lipinski definition) is 1. The molecule has 2 aromatic carbocycles. The Bertz CT molecular complexity index is 814. The number of aryl methyl sites for hydroxylation is 1. The van der Waals surface area contributed by atoms with Gasteiger partial charge in [0, 0.05) is 10.2 Å². The first-order valence-corrected chi connectivity index (χ1v) is 8.71. The Balaban J connectivity index is 1.51. The number of halogens is 1. The summed E-state index contributed by atoms with van der Waals surface area (Å²) in [5.74, 6) is -0.173. The van der Waals surface area contributed by atoms with E-state index in [4.69, 9.17) is 4.74 Å². The number of benzene rings is 2. The third-order valence-electron chi connectivity index (χ3n) is 3.24. The Kier molecular flexibility index (Phi) is 5.05. The smallest absolute Gasteiger partial charge is 0.250 e. The van der Waals surface area contributed by atoms with Crippen LogP contribution in [0.25, 0.3) is 10.2 Å². The molecule has 23 heavy (non-hydrogen) atoms. The Labute approximate surface area is 146 Å². The normalized spacial score (nSPS) is 10.9. The molecule has 0 aliphatic heterocycles. The van der Waals surface area contributed by atoms with Crippen molar-refractivity contribution in [2.45, 2.75) is 13.5 Å². The molecule has 118 valence electrons. The van der Waals surface area contributed by atoms with Gasteiger partial charge in [-0.3, -0.25) is 4.79 Å². The summed E-state index contributed by atoms with van der Waals surface area (Å²) in [5, 5.41) is 3.69. The number of fused-ring (bicyclic) bond motifs is 1. The zero-order valence-corrected chi connectivity index (χ0v) is 14.9. The summed E-state index contributed by atoms with van der Waals surface area (Å²) in [7, 11) is 0. The lowest BCUT2D eigenvalue weighted by atomic mass is 10.2. The van der Waals surface area contributed by atoms with E-state index < -0.39 is 0 Å². The Morgan fingerprint density at radius 1 is 1.30 bits per heavy atom. The minimum Gasteiger partial charge on any atom is -0.364 e. The van der Waals surface area contributed by atoms with Gasteiger partial charge in [0.05, 0.1) is 16.8 Å². The standard InChI is InChI=1S/C17H15BrN2O2S/c1-11-8-12(6-7-13(11)18)19-16(21)9-22-10-17-20-14-4-2-3-5-15(14)23-17/h2-8H,9-10H2,1H3,(H,19,21). The molecule has 1 heterocycles. The van der Waals surface area contributed by atoms with Crippen LogP contribution in [0.15, 0.2) is 46.9 Å². The monoisotopic (exact) mass is 390 g/mol. The topological polar surface area (TPSA) is 51.2 Å². The van der Waals surface area contributed by atoms with E-state index in [1.807, 2.05) is 49.4 Å². The van der Waals surface area contributed by atoms with Gasteiger partial charge in [0.15, 0.2) is 0 Å². The van der Waals surface area contributed by atoms with Crippen LogP contribution in [0, 0.1) is 6.92 Å². The third-order valence-corrected chi connectivity index (χ3v) is 5.14. The van der Waals surface area contributed by atoms with E-state index in [2.05, 4.69) is 26.2 Å². The lowest BCUT2D eigenvalue weighted by Crippen LogP contribution is -2.18. The maximum Gasteiger partial charge on any atom is 0.250 e. The van der Waals surface area contributed by atoms with Crippen LogP contribution < -0.4 is 5.32 Å². The molecule has 0 saturated heterocycles. The molecular weight excluding hydrogens is 376 g/mol. The Hall–Kier alpha value is -1.76. The van der Waals surface area contributed by atoms with Gasteiger partial charge in [0.25, 0.3) is 0 Å². The number of carbonyl (C=O) groups excluding carboxylic acids is 1. The average molecular weight is 391 g/mol. The van der Waals surface area contributed by atoms with Gasteiger partial charge >= 0.3 is 0 Å². The quantitative estimate of drug-likeness (QED) is 0.696. The summed E-state index contributed by atoms with van der Waals surface area (Å²) in [5.41, 5.74) is 2.79. The SMILES string of the molecule is Cc1cc(NC(=O)COCc2nc3ccccc3s2)ccc1Br. The molecule has 0 aliphatic carbocycles. The highest BCUT2D eigenvalue weighted by atomic mass is 79.9. The fourth-order valence-electron chi connectivity index (χ4n) is 2.13. The number of nitrogens with zero attached hydrogens (tertiary/aromatic N) is 1. The van der Waals surface area contributed by atoms with E-state index in [1.165, 1.54) is 0 Å². The molecule has 4 nitrogen and oxygen atoms in total. The largest absolute Gasteiger partial charge is 0.364 e. The number of rotatable bonds is 5. The summed E-state index contributed by atoms with van der Waals surface area (Å²) in [6.07, 6.45) is 0. The number of nitrogens with one attached hydrogen (secondary N) is 1. The highest BCUT2D eigenvalue weighted by Gasteiger charge is 2.07. The number of hydrogen-bond acceptors (Lipinski definition) is 4. The van der Waals surface area contributed by atoms with Gasteiger partial charge in [-0.15, -0.1) is 11.3 Å². The first-order valence-electron chi connectivity index (χ1n) is 7.10. The van der Waals surface area contributed by atoms with Crippen LogP contribution in [0.1, 0.15) is 10.6 Å². The minimum absolute atomic E-state index is 0.00500. The molecule has 1 amide bonds. The molecule has 3 aromatic rings. The van der Waals surface area contributed by atoms with Crippen LogP contribution in [-0.4, -0.2) is 17.5 Å². The molecule has 0 radical (unpaired) electrons. The summed E-state index contributed by atoms with van der Waals surface area (Å²) in [6.45, 7) is 2.32. The number of ether oxygens (including phenoxy) is 1. The van der Waals surface area contributed by atoms with E-state index in [1.54, 1.807) is 11.3 Å². The zero-order valence-electron chi connectivity index (χ0n) is 12.5. The molecule has 6 heteroatoms. The highest BCUT2D eigenvalue weighted by Crippen LogP contribution is 2.22. The fourth-order valence-corrected chi connectivity index (χ4v) is 3.28. The van der Waals surface area contributed by atoms with Crippen molar-refractivity contribution in [1.29, 1.82) is 0 Å². The van der Waals surface area contributed by atoms with Crippen LogP contribution in [-0.2, 0) is 16.1 Å². The van der Waals surface area contributed by atoms with Crippen LogP contribution >= 0.6 is 27.3 Å². The Morgan fingerprint density at radius 3 is 2.91 bits per heavy atom. The zero-order chi connectivity index (χ0) is 16.2. The van der Waals surface area contributed by atoms with Crippen LogP contribution in [0.4, 0.5) is 5.69 Å². The van der Waals surface area contributed by atoms with Crippen molar-refractivity contribution in [3.63, 3.8) is 0 Å². The molecule has 0 bridgehead atoms. The second kappa shape index (κ2) is 7.21. The number of carbonyl (C=O) groups is 1. The average Bonchev–Trinajstić information content (AvgIpc) is 2.93. The maximum absolute atomic E-state index is 11.9. The Morgan fingerprint density at radius 2 is 2.13 bits per heavy atom. The van der Waals surface area contributed by atoms with Crippen molar-refractivity contribution < 1.29 is 9.53 Å². The fraction of sp³-hybridized carbons (Fsp3) is 0.176. The summed E-state index contributed by atoms with van der Waals surface area (Å²) in [6, 6.07) is 13.6. The molecule has 0 atom stereocenters. The van der Waals surface area contributed by atoms with Gasteiger partial charge in [-0.05, 0) is 42.8 Å². The van der Waals surface area contributed by atoms with E-state index in [9.17, 15) is 4.79 Å². The second-order valence-electron chi connectivity index (χ2n) is 5.08. The molecule has 0 saturated carbocycles. The van der Waals surface area contributed by atoms with Crippen LogP contribution in [0.5, 0.6) is 0 Å². The van der Waals surface area contributed by atoms with E-state index in [0.29, 0.717) is 6.61 Å². The number of anilines is 1. The molecule has 0 fully saturated rings. The van der Waals surface area contributed by atoms with Gasteiger partial charge in [-0.1, -0.05) is 28.1 Å². The number of aromatic nitrogens is 1. The molecule has 0 aliphatic rings.